The molecule has 0 aliphatic carbocycles. The molecule has 4 nitrogen and oxygen atoms in total. The molecule has 0 saturated carbocycles. The molecule has 1 aliphatic rings. The molecule has 1 aromatic rings. The van der Waals surface area contributed by atoms with Crippen LogP contribution in [-0.4, -0.2) is 37.7 Å². The molecule has 0 amide bonds. The van der Waals surface area contributed by atoms with Crippen molar-refractivity contribution in [2.75, 3.05) is 26.7 Å². The zero-order valence-electron chi connectivity index (χ0n) is 9.97. The van der Waals surface area contributed by atoms with Crippen LogP contribution in [0.3, 0.4) is 0 Å². The second-order valence-corrected chi connectivity index (χ2v) is 4.31. The fraction of sp³-hybridized carbons (Fsp3) is 0.462. The summed E-state index contributed by atoms with van der Waals surface area (Å²) in [5.41, 5.74) is 7.52. The van der Waals surface area contributed by atoms with Gasteiger partial charge in [0.25, 0.3) is 0 Å². The third-order valence-corrected chi connectivity index (χ3v) is 3.19. The van der Waals surface area contributed by atoms with Crippen LogP contribution >= 0.6 is 0 Å². The molecule has 0 spiro atoms. The van der Waals surface area contributed by atoms with E-state index in [1.165, 1.54) is 0 Å². The molecule has 17 heavy (non-hydrogen) atoms. The van der Waals surface area contributed by atoms with Gasteiger partial charge in [0.05, 0.1) is 30.4 Å². The van der Waals surface area contributed by atoms with Crippen LogP contribution in [0.2, 0.25) is 0 Å². The highest BCUT2D eigenvalue weighted by molar-refractivity contribution is 5.34. The van der Waals surface area contributed by atoms with Gasteiger partial charge in [0.1, 0.15) is 0 Å². The fourth-order valence-electron chi connectivity index (χ4n) is 2.32. The Balaban J connectivity index is 2.31. The summed E-state index contributed by atoms with van der Waals surface area (Å²) in [6.45, 7) is 2.09. The summed E-state index contributed by atoms with van der Waals surface area (Å²) in [6.07, 6.45) is 0.00249. The van der Waals surface area contributed by atoms with Crippen molar-refractivity contribution in [2.45, 2.75) is 12.1 Å². The third kappa shape index (κ3) is 2.47. The maximum atomic E-state index is 8.93. The highest BCUT2D eigenvalue weighted by Gasteiger charge is 2.30. The summed E-state index contributed by atoms with van der Waals surface area (Å²) in [7, 11) is 2.06. The molecule has 2 rings (SSSR count). The third-order valence-electron chi connectivity index (χ3n) is 3.19. The SMILES string of the molecule is CN1CCOC(CN)C1c1cccc(C#N)c1. The quantitative estimate of drug-likeness (QED) is 0.821. The minimum absolute atomic E-state index is 0.00249. The number of nitrogens with two attached hydrogens (primary N) is 1. The first kappa shape index (κ1) is 12.1. The number of likely N-dealkylation sites (N-methyl/N-ethyl adjacent to an activating group) is 1. The van der Waals surface area contributed by atoms with E-state index in [1.54, 1.807) is 0 Å². The van der Waals surface area contributed by atoms with Gasteiger partial charge in [-0.05, 0) is 24.7 Å². The molecule has 0 radical (unpaired) electrons. The lowest BCUT2D eigenvalue weighted by molar-refractivity contribution is -0.0576. The van der Waals surface area contributed by atoms with Gasteiger partial charge < -0.3 is 10.5 Å². The van der Waals surface area contributed by atoms with Crippen molar-refractivity contribution in [3.63, 3.8) is 0 Å². The summed E-state index contributed by atoms with van der Waals surface area (Å²) in [5.74, 6) is 0. The van der Waals surface area contributed by atoms with Crippen LogP contribution in [0.4, 0.5) is 0 Å². The first-order valence-electron chi connectivity index (χ1n) is 5.78. The normalized spacial score (nSPS) is 25.5. The average molecular weight is 231 g/mol. The van der Waals surface area contributed by atoms with Crippen molar-refractivity contribution in [1.29, 1.82) is 5.26 Å². The van der Waals surface area contributed by atoms with Crippen LogP contribution in [-0.2, 0) is 4.74 Å². The molecule has 1 aliphatic heterocycles. The zero-order valence-corrected chi connectivity index (χ0v) is 9.97. The first-order valence-corrected chi connectivity index (χ1v) is 5.78. The van der Waals surface area contributed by atoms with E-state index in [0.717, 1.165) is 12.1 Å². The zero-order chi connectivity index (χ0) is 12.3. The van der Waals surface area contributed by atoms with Crippen molar-refractivity contribution in [1.82, 2.24) is 4.90 Å². The topological polar surface area (TPSA) is 62.3 Å². The molecule has 2 N–H and O–H groups in total. The van der Waals surface area contributed by atoms with Crippen molar-refractivity contribution in [3.8, 4) is 6.07 Å². The molecule has 4 heteroatoms. The van der Waals surface area contributed by atoms with Crippen LogP contribution in [0.1, 0.15) is 17.2 Å². The van der Waals surface area contributed by atoms with Crippen molar-refractivity contribution < 1.29 is 4.74 Å². The van der Waals surface area contributed by atoms with Crippen molar-refractivity contribution in [3.05, 3.63) is 35.4 Å². The van der Waals surface area contributed by atoms with Gasteiger partial charge in [-0.25, -0.2) is 0 Å². The Labute approximate surface area is 102 Å². The Kier molecular flexibility index (Phi) is 3.75. The predicted octanol–water partition coefficient (Wildman–Crippen LogP) is 0.889. The second kappa shape index (κ2) is 5.28. The maximum absolute atomic E-state index is 8.93. The lowest BCUT2D eigenvalue weighted by Gasteiger charge is -2.39. The van der Waals surface area contributed by atoms with E-state index in [0.29, 0.717) is 18.7 Å². The summed E-state index contributed by atoms with van der Waals surface area (Å²) >= 11 is 0. The molecule has 0 aromatic heterocycles. The number of ether oxygens (including phenoxy) is 1. The van der Waals surface area contributed by atoms with Gasteiger partial charge in [-0.1, -0.05) is 12.1 Å². The molecule has 90 valence electrons. The number of benzene rings is 1. The minimum Gasteiger partial charge on any atom is -0.374 e. The van der Waals surface area contributed by atoms with E-state index in [2.05, 4.69) is 18.0 Å². The number of nitriles is 1. The number of hydrogen-bond acceptors (Lipinski definition) is 4. The van der Waals surface area contributed by atoms with Crippen LogP contribution in [0.5, 0.6) is 0 Å². The Morgan fingerprint density at radius 1 is 1.59 bits per heavy atom. The number of nitrogens with zero attached hydrogens (tertiary/aromatic N) is 2. The van der Waals surface area contributed by atoms with Gasteiger partial charge in [-0.3, -0.25) is 4.90 Å². The number of morpholine rings is 1. The minimum atomic E-state index is 0.00249. The van der Waals surface area contributed by atoms with Gasteiger partial charge in [0, 0.05) is 13.1 Å². The van der Waals surface area contributed by atoms with Crippen molar-refractivity contribution in [2.24, 2.45) is 5.73 Å². The van der Waals surface area contributed by atoms with E-state index in [4.69, 9.17) is 15.7 Å². The number of rotatable bonds is 2. The maximum Gasteiger partial charge on any atom is 0.0991 e. The summed E-state index contributed by atoms with van der Waals surface area (Å²) in [6, 6.07) is 9.96. The molecule has 1 saturated heterocycles. The lowest BCUT2D eigenvalue weighted by Crippen LogP contribution is -2.46. The highest BCUT2D eigenvalue weighted by Crippen LogP contribution is 2.28. The molecule has 1 heterocycles. The summed E-state index contributed by atoms with van der Waals surface area (Å²) < 4.78 is 5.69. The van der Waals surface area contributed by atoms with E-state index in [-0.39, 0.29) is 12.1 Å². The van der Waals surface area contributed by atoms with Gasteiger partial charge in [-0.2, -0.15) is 5.26 Å². The monoisotopic (exact) mass is 231 g/mol. The Morgan fingerprint density at radius 2 is 2.41 bits per heavy atom. The Morgan fingerprint density at radius 3 is 3.12 bits per heavy atom. The highest BCUT2D eigenvalue weighted by atomic mass is 16.5. The Hall–Kier alpha value is -1.41. The average Bonchev–Trinajstić information content (AvgIpc) is 2.38. The van der Waals surface area contributed by atoms with Crippen molar-refractivity contribution >= 4 is 0 Å². The van der Waals surface area contributed by atoms with E-state index in [1.807, 2.05) is 24.3 Å². The van der Waals surface area contributed by atoms with E-state index < -0.39 is 0 Å². The molecule has 0 bridgehead atoms. The lowest BCUT2D eigenvalue weighted by atomic mass is 9.97. The van der Waals surface area contributed by atoms with Crippen LogP contribution in [0.15, 0.2) is 24.3 Å². The predicted molar refractivity (Wildman–Crippen MR) is 65.3 cm³/mol. The molecule has 1 aromatic carbocycles. The van der Waals surface area contributed by atoms with E-state index >= 15 is 0 Å². The standard InChI is InChI=1S/C13H17N3O/c1-16-5-6-17-12(9-15)13(16)11-4-2-3-10(7-11)8-14/h2-4,7,12-13H,5-6,9,15H2,1H3. The van der Waals surface area contributed by atoms with Crippen LogP contribution in [0.25, 0.3) is 0 Å². The van der Waals surface area contributed by atoms with E-state index in [9.17, 15) is 0 Å². The molecular weight excluding hydrogens is 214 g/mol. The van der Waals surface area contributed by atoms with Gasteiger partial charge in [-0.15, -0.1) is 0 Å². The Bertz CT molecular complexity index is 427. The molecule has 1 fully saturated rings. The molecule has 2 unspecified atom stereocenters. The molecular formula is C13H17N3O. The first-order chi connectivity index (χ1) is 8.26. The summed E-state index contributed by atoms with van der Waals surface area (Å²) in [4.78, 5) is 2.23. The van der Waals surface area contributed by atoms with Crippen LogP contribution in [0, 0.1) is 11.3 Å². The fourth-order valence-corrected chi connectivity index (χ4v) is 2.32. The van der Waals surface area contributed by atoms with Gasteiger partial charge in [0.15, 0.2) is 0 Å². The number of hydrogen-bond donors (Lipinski definition) is 1. The van der Waals surface area contributed by atoms with Gasteiger partial charge in [0.2, 0.25) is 0 Å². The smallest absolute Gasteiger partial charge is 0.0991 e. The molecule has 2 atom stereocenters. The second-order valence-electron chi connectivity index (χ2n) is 4.31. The largest absolute Gasteiger partial charge is 0.374 e. The summed E-state index contributed by atoms with van der Waals surface area (Å²) in [5, 5.41) is 8.93. The van der Waals surface area contributed by atoms with Gasteiger partial charge >= 0.3 is 0 Å². The van der Waals surface area contributed by atoms with Crippen LogP contribution < -0.4 is 5.73 Å².